The number of methoxy groups -OCH3 is 1. The second kappa shape index (κ2) is 4.93. The van der Waals surface area contributed by atoms with E-state index in [1.807, 2.05) is 0 Å². The second-order valence-corrected chi connectivity index (χ2v) is 4.39. The molecular formula is C14H14FN3O. The molecule has 0 radical (unpaired) electrons. The minimum atomic E-state index is -0.321. The van der Waals surface area contributed by atoms with E-state index < -0.39 is 0 Å². The van der Waals surface area contributed by atoms with Gasteiger partial charge < -0.3 is 10.1 Å². The molecule has 1 aromatic carbocycles. The van der Waals surface area contributed by atoms with E-state index in [1.54, 1.807) is 25.3 Å². The Bertz CT molecular complexity index is 598. The van der Waals surface area contributed by atoms with Crippen molar-refractivity contribution in [2.24, 2.45) is 0 Å². The highest BCUT2D eigenvalue weighted by Crippen LogP contribution is 2.27. The third kappa shape index (κ3) is 2.17. The molecule has 2 aromatic rings. The Balaban J connectivity index is 2.15. The topological polar surface area (TPSA) is 47.0 Å². The van der Waals surface area contributed by atoms with Crippen LogP contribution in [-0.2, 0) is 13.0 Å². The number of nitrogens with zero attached hydrogens (tertiary/aromatic N) is 2. The fraction of sp³-hybridized carbons (Fsp3) is 0.286. The van der Waals surface area contributed by atoms with Crippen LogP contribution < -0.4 is 10.1 Å². The number of hydrogen-bond acceptors (Lipinski definition) is 4. The average Bonchev–Trinajstić information content (AvgIpc) is 2.46. The highest BCUT2D eigenvalue weighted by molar-refractivity contribution is 5.57. The number of halogens is 1. The number of nitrogens with one attached hydrogen (secondary N) is 1. The third-order valence-electron chi connectivity index (χ3n) is 3.20. The SMILES string of the molecule is COc1nc(-c2ccccc2F)nc2c1CNCC2. The fourth-order valence-corrected chi connectivity index (χ4v) is 2.24. The van der Waals surface area contributed by atoms with Crippen molar-refractivity contribution in [3.8, 4) is 17.3 Å². The summed E-state index contributed by atoms with van der Waals surface area (Å²) in [6.07, 6.45) is 0.801. The monoisotopic (exact) mass is 259 g/mol. The molecule has 0 aliphatic carbocycles. The zero-order valence-electron chi connectivity index (χ0n) is 10.6. The smallest absolute Gasteiger partial charge is 0.221 e. The Morgan fingerprint density at radius 2 is 2.11 bits per heavy atom. The van der Waals surface area contributed by atoms with E-state index in [0.717, 1.165) is 24.2 Å². The first-order valence-electron chi connectivity index (χ1n) is 6.19. The van der Waals surface area contributed by atoms with Gasteiger partial charge in [-0.2, -0.15) is 4.98 Å². The van der Waals surface area contributed by atoms with Gasteiger partial charge in [0.05, 0.1) is 18.4 Å². The first kappa shape index (κ1) is 12.0. The molecule has 0 saturated heterocycles. The van der Waals surface area contributed by atoms with E-state index in [9.17, 15) is 4.39 Å². The van der Waals surface area contributed by atoms with Gasteiger partial charge in [0.25, 0.3) is 0 Å². The van der Waals surface area contributed by atoms with Gasteiger partial charge >= 0.3 is 0 Å². The van der Waals surface area contributed by atoms with Crippen molar-refractivity contribution >= 4 is 0 Å². The summed E-state index contributed by atoms with van der Waals surface area (Å²) in [5.41, 5.74) is 2.31. The van der Waals surface area contributed by atoms with Crippen LogP contribution >= 0.6 is 0 Å². The van der Waals surface area contributed by atoms with Crippen LogP contribution in [0.5, 0.6) is 5.88 Å². The summed E-state index contributed by atoms with van der Waals surface area (Å²) in [4.78, 5) is 8.80. The van der Waals surface area contributed by atoms with Crippen molar-refractivity contribution in [1.82, 2.24) is 15.3 Å². The molecule has 0 amide bonds. The molecule has 0 atom stereocenters. The lowest BCUT2D eigenvalue weighted by Gasteiger charge is -2.19. The minimum absolute atomic E-state index is 0.321. The van der Waals surface area contributed by atoms with E-state index in [4.69, 9.17) is 4.74 Å². The molecule has 19 heavy (non-hydrogen) atoms. The van der Waals surface area contributed by atoms with Crippen molar-refractivity contribution < 1.29 is 9.13 Å². The first-order chi connectivity index (χ1) is 9.29. The molecule has 0 saturated carbocycles. The lowest BCUT2D eigenvalue weighted by Crippen LogP contribution is -2.25. The quantitative estimate of drug-likeness (QED) is 0.895. The van der Waals surface area contributed by atoms with E-state index in [1.165, 1.54) is 6.07 Å². The average molecular weight is 259 g/mol. The molecule has 98 valence electrons. The van der Waals surface area contributed by atoms with Crippen LogP contribution in [-0.4, -0.2) is 23.6 Å². The Kier molecular flexibility index (Phi) is 3.13. The third-order valence-corrected chi connectivity index (χ3v) is 3.20. The van der Waals surface area contributed by atoms with Crippen molar-refractivity contribution in [3.05, 3.63) is 41.3 Å². The number of ether oxygens (including phenoxy) is 1. The summed E-state index contributed by atoms with van der Waals surface area (Å²) < 4.78 is 19.1. The van der Waals surface area contributed by atoms with Gasteiger partial charge in [0.2, 0.25) is 5.88 Å². The second-order valence-electron chi connectivity index (χ2n) is 4.39. The van der Waals surface area contributed by atoms with Crippen molar-refractivity contribution in [3.63, 3.8) is 0 Å². The molecule has 2 heterocycles. The molecule has 0 unspecified atom stereocenters. The van der Waals surface area contributed by atoms with Crippen LogP contribution in [0.15, 0.2) is 24.3 Å². The lowest BCUT2D eigenvalue weighted by molar-refractivity contribution is 0.386. The summed E-state index contributed by atoms with van der Waals surface area (Å²) in [5.74, 6) is 0.587. The lowest BCUT2D eigenvalue weighted by atomic mass is 10.1. The molecule has 1 aliphatic heterocycles. The number of aromatic nitrogens is 2. The van der Waals surface area contributed by atoms with Crippen molar-refractivity contribution in [2.45, 2.75) is 13.0 Å². The van der Waals surface area contributed by atoms with Crippen molar-refractivity contribution in [1.29, 1.82) is 0 Å². The normalized spacial score (nSPS) is 14.0. The van der Waals surface area contributed by atoms with Gasteiger partial charge in [0.15, 0.2) is 5.82 Å². The first-order valence-corrected chi connectivity index (χ1v) is 6.19. The van der Waals surface area contributed by atoms with E-state index in [2.05, 4.69) is 15.3 Å². The maximum absolute atomic E-state index is 13.8. The Morgan fingerprint density at radius 3 is 2.89 bits per heavy atom. The molecule has 0 spiro atoms. The van der Waals surface area contributed by atoms with Gasteiger partial charge in [-0.05, 0) is 12.1 Å². The number of fused-ring (bicyclic) bond motifs is 1. The van der Waals surface area contributed by atoms with Crippen LogP contribution in [0.25, 0.3) is 11.4 Å². The van der Waals surface area contributed by atoms with Gasteiger partial charge in [-0.25, -0.2) is 9.37 Å². The minimum Gasteiger partial charge on any atom is -0.481 e. The molecule has 0 fully saturated rings. The molecule has 3 rings (SSSR count). The van der Waals surface area contributed by atoms with E-state index >= 15 is 0 Å². The predicted molar refractivity (Wildman–Crippen MR) is 69.4 cm³/mol. The van der Waals surface area contributed by atoms with Crippen LogP contribution in [0.4, 0.5) is 4.39 Å². The molecular weight excluding hydrogens is 245 g/mol. The molecule has 5 heteroatoms. The van der Waals surface area contributed by atoms with Gasteiger partial charge in [-0.3, -0.25) is 0 Å². The standard InChI is InChI=1S/C14H14FN3O/c1-19-14-10-8-16-7-6-12(10)17-13(18-14)9-4-2-3-5-11(9)15/h2-5,16H,6-8H2,1H3. The summed E-state index contributed by atoms with van der Waals surface area (Å²) >= 11 is 0. The van der Waals surface area contributed by atoms with Crippen LogP contribution in [0.3, 0.4) is 0 Å². The van der Waals surface area contributed by atoms with Crippen LogP contribution in [0.2, 0.25) is 0 Å². The van der Waals surface area contributed by atoms with E-state index in [0.29, 0.717) is 23.8 Å². The predicted octanol–water partition coefficient (Wildman–Crippen LogP) is 1.94. The number of hydrogen-bond donors (Lipinski definition) is 1. The molecule has 4 nitrogen and oxygen atoms in total. The summed E-state index contributed by atoms with van der Waals surface area (Å²) in [6, 6.07) is 6.51. The Labute approximate surface area is 110 Å². The maximum atomic E-state index is 13.8. The summed E-state index contributed by atoms with van der Waals surface area (Å²) in [5, 5.41) is 3.25. The van der Waals surface area contributed by atoms with E-state index in [-0.39, 0.29) is 5.82 Å². The Morgan fingerprint density at radius 1 is 1.26 bits per heavy atom. The van der Waals surface area contributed by atoms with Crippen LogP contribution in [0.1, 0.15) is 11.3 Å². The zero-order chi connectivity index (χ0) is 13.2. The molecule has 0 bridgehead atoms. The van der Waals surface area contributed by atoms with Gasteiger partial charge in [-0.15, -0.1) is 0 Å². The number of rotatable bonds is 2. The summed E-state index contributed by atoms with van der Waals surface area (Å²) in [7, 11) is 1.57. The van der Waals surface area contributed by atoms with Crippen LogP contribution in [0, 0.1) is 5.82 Å². The fourth-order valence-electron chi connectivity index (χ4n) is 2.24. The molecule has 1 aromatic heterocycles. The maximum Gasteiger partial charge on any atom is 0.221 e. The van der Waals surface area contributed by atoms with Gasteiger partial charge in [0, 0.05) is 25.1 Å². The van der Waals surface area contributed by atoms with Gasteiger partial charge in [0.1, 0.15) is 5.82 Å². The highest BCUT2D eigenvalue weighted by atomic mass is 19.1. The van der Waals surface area contributed by atoms with Gasteiger partial charge in [-0.1, -0.05) is 12.1 Å². The molecule has 1 N–H and O–H groups in total. The summed E-state index contributed by atoms with van der Waals surface area (Å²) in [6.45, 7) is 1.56. The Hall–Kier alpha value is -2.01. The zero-order valence-corrected chi connectivity index (χ0v) is 10.6. The van der Waals surface area contributed by atoms with Crippen molar-refractivity contribution in [2.75, 3.05) is 13.7 Å². The largest absolute Gasteiger partial charge is 0.481 e. The highest BCUT2D eigenvalue weighted by Gasteiger charge is 2.19. The number of benzene rings is 1. The molecule has 1 aliphatic rings.